The molecule has 18 heavy (non-hydrogen) atoms. The zero-order valence-corrected chi connectivity index (χ0v) is 10.7. The monoisotopic (exact) mass is 272 g/mol. The number of hydrogen-bond acceptors (Lipinski definition) is 4. The fraction of sp³-hybridized carbons (Fsp3) is 0.455. The Hall–Kier alpha value is -1.50. The first-order chi connectivity index (χ1) is 8.41. The molecule has 98 valence electrons. The molecule has 0 radical (unpaired) electrons. The van der Waals surface area contributed by atoms with E-state index in [0.29, 0.717) is 0 Å². The third kappa shape index (κ3) is 2.50. The number of hydrogen-bond donors (Lipinski definition) is 0. The molecule has 1 aliphatic rings. The number of amides is 1. The summed E-state index contributed by atoms with van der Waals surface area (Å²) in [6.45, 7) is 1.75. The molecule has 0 N–H and O–H groups in total. The molecule has 0 aliphatic carbocycles. The van der Waals surface area contributed by atoms with E-state index >= 15 is 0 Å². The van der Waals surface area contributed by atoms with Crippen molar-refractivity contribution in [1.82, 2.24) is 9.88 Å². The Labute approximate surface area is 105 Å². The molecular weight excluding hydrogens is 259 g/mol. The van der Waals surface area contributed by atoms with Gasteiger partial charge in [0.25, 0.3) is 5.91 Å². The van der Waals surface area contributed by atoms with E-state index in [9.17, 15) is 17.6 Å². The van der Waals surface area contributed by atoms with Crippen molar-refractivity contribution < 1.29 is 17.6 Å². The first-order valence-corrected chi connectivity index (χ1v) is 7.34. The summed E-state index contributed by atoms with van der Waals surface area (Å²) in [5.41, 5.74) is -0.0730. The molecule has 1 aromatic heterocycles. The summed E-state index contributed by atoms with van der Waals surface area (Å²) >= 11 is 0. The molecule has 0 aromatic carbocycles. The molecule has 5 nitrogen and oxygen atoms in total. The molecular formula is C11H13FN2O3S. The molecule has 1 amide bonds. The average molecular weight is 272 g/mol. The van der Waals surface area contributed by atoms with Crippen molar-refractivity contribution in [3.63, 3.8) is 0 Å². The van der Waals surface area contributed by atoms with Gasteiger partial charge < -0.3 is 4.90 Å². The van der Waals surface area contributed by atoms with Crippen LogP contribution in [0.3, 0.4) is 0 Å². The highest BCUT2D eigenvalue weighted by Gasteiger charge is 2.32. The molecule has 0 bridgehead atoms. The van der Waals surface area contributed by atoms with Crippen LogP contribution in [0, 0.1) is 5.82 Å². The van der Waals surface area contributed by atoms with E-state index in [1.165, 1.54) is 17.2 Å². The predicted octanol–water partition coefficient (Wildman–Crippen LogP) is 0.480. The van der Waals surface area contributed by atoms with Crippen molar-refractivity contribution in [2.24, 2.45) is 0 Å². The van der Waals surface area contributed by atoms with Crippen molar-refractivity contribution in [2.45, 2.75) is 13.0 Å². The second-order valence-corrected chi connectivity index (χ2v) is 6.55. The van der Waals surface area contributed by atoms with Gasteiger partial charge in [0, 0.05) is 18.8 Å². The highest BCUT2D eigenvalue weighted by atomic mass is 32.2. The Bertz CT molecular complexity index is 573. The second-order valence-electron chi connectivity index (χ2n) is 4.32. The third-order valence-electron chi connectivity index (χ3n) is 2.93. The Morgan fingerprint density at radius 3 is 2.89 bits per heavy atom. The van der Waals surface area contributed by atoms with Crippen molar-refractivity contribution in [3.05, 3.63) is 29.8 Å². The molecule has 0 spiro atoms. The molecule has 1 aliphatic heterocycles. The zero-order chi connectivity index (χ0) is 13.3. The number of carbonyl (C=O) groups is 1. The Kier molecular flexibility index (Phi) is 3.34. The van der Waals surface area contributed by atoms with Crippen LogP contribution in [0.5, 0.6) is 0 Å². The van der Waals surface area contributed by atoms with Crippen molar-refractivity contribution in [3.8, 4) is 0 Å². The SMILES string of the molecule is CC1CS(=O)(=O)CCN1C(=O)c1ccncc1F. The van der Waals surface area contributed by atoms with Crippen LogP contribution in [0.4, 0.5) is 4.39 Å². The Morgan fingerprint density at radius 2 is 2.28 bits per heavy atom. The van der Waals surface area contributed by atoms with Gasteiger partial charge in [-0.3, -0.25) is 9.78 Å². The van der Waals surface area contributed by atoms with Gasteiger partial charge in [-0.05, 0) is 13.0 Å². The van der Waals surface area contributed by atoms with Crippen LogP contribution in [0.1, 0.15) is 17.3 Å². The van der Waals surface area contributed by atoms with E-state index in [1.54, 1.807) is 6.92 Å². The Balaban J connectivity index is 2.23. The van der Waals surface area contributed by atoms with E-state index in [0.717, 1.165) is 6.20 Å². The van der Waals surface area contributed by atoms with Crippen molar-refractivity contribution in [2.75, 3.05) is 18.1 Å². The summed E-state index contributed by atoms with van der Waals surface area (Å²) in [7, 11) is -3.09. The summed E-state index contributed by atoms with van der Waals surface area (Å²) in [4.78, 5) is 17.1. The molecule has 1 atom stereocenters. The van der Waals surface area contributed by atoms with E-state index in [2.05, 4.69) is 4.98 Å². The lowest BCUT2D eigenvalue weighted by atomic mass is 10.2. The summed E-state index contributed by atoms with van der Waals surface area (Å²) in [6.07, 6.45) is 2.31. The molecule has 7 heteroatoms. The number of halogens is 1. The number of sulfone groups is 1. The zero-order valence-electron chi connectivity index (χ0n) is 9.84. The van der Waals surface area contributed by atoms with Crippen molar-refractivity contribution >= 4 is 15.7 Å². The van der Waals surface area contributed by atoms with E-state index in [4.69, 9.17) is 0 Å². The minimum atomic E-state index is -3.09. The van der Waals surface area contributed by atoms with Crippen LogP contribution in [-0.2, 0) is 9.84 Å². The van der Waals surface area contributed by atoms with Gasteiger partial charge in [0.1, 0.15) is 0 Å². The average Bonchev–Trinajstić information content (AvgIpc) is 2.27. The van der Waals surface area contributed by atoms with E-state index in [-0.39, 0.29) is 23.6 Å². The minimum absolute atomic E-state index is 0.0730. The number of pyridine rings is 1. The molecule has 1 aromatic rings. The smallest absolute Gasteiger partial charge is 0.257 e. The maximum atomic E-state index is 13.4. The van der Waals surface area contributed by atoms with E-state index < -0.39 is 27.6 Å². The van der Waals surface area contributed by atoms with Crippen LogP contribution in [0.25, 0.3) is 0 Å². The summed E-state index contributed by atoms with van der Waals surface area (Å²) in [6, 6.07) is 0.858. The second kappa shape index (κ2) is 4.64. The number of rotatable bonds is 1. The van der Waals surface area contributed by atoms with Crippen LogP contribution < -0.4 is 0 Å². The lowest BCUT2D eigenvalue weighted by Gasteiger charge is -2.33. The first kappa shape index (κ1) is 12.9. The molecule has 1 unspecified atom stereocenters. The fourth-order valence-corrected chi connectivity index (χ4v) is 3.56. The van der Waals surface area contributed by atoms with Gasteiger partial charge in [-0.2, -0.15) is 0 Å². The van der Waals surface area contributed by atoms with Crippen LogP contribution in [-0.4, -0.2) is 48.3 Å². The topological polar surface area (TPSA) is 67.3 Å². The van der Waals surface area contributed by atoms with Gasteiger partial charge in [0.05, 0.1) is 23.3 Å². The highest BCUT2D eigenvalue weighted by Crippen LogP contribution is 2.16. The largest absolute Gasteiger partial charge is 0.334 e. The predicted molar refractivity (Wildman–Crippen MR) is 63.3 cm³/mol. The van der Waals surface area contributed by atoms with Crippen LogP contribution >= 0.6 is 0 Å². The maximum Gasteiger partial charge on any atom is 0.257 e. The van der Waals surface area contributed by atoms with Gasteiger partial charge in [-0.15, -0.1) is 0 Å². The highest BCUT2D eigenvalue weighted by molar-refractivity contribution is 7.91. The van der Waals surface area contributed by atoms with Crippen molar-refractivity contribution in [1.29, 1.82) is 0 Å². The first-order valence-electron chi connectivity index (χ1n) is 5.51. The van der Waals surface area contributed by atoms with Gasteiger partial charge in [0.2, 0.25) is 0 Å². The standard InChI is InChI=1S/C11H13FN2O3S/c1-8-7-18(16,17)5-4-14(8)11(15)9-2-3-13-6-10(9)12/h2-3,6,8H,4-5,7H2,1H3. The molecule has 2 rings (SSSR count). The number of carbonyl (C=O) groups excluding carboxylic acids is 1. The quantitative estimate of drug-likeness (QED) is 0.745. The molecule has 1 fully saturated rings. The van der Waals surface area contributed by atoms with Gasteiger partial charge >= 0.3 is 0 Å². The minimum Gasteiger partial charge on any atom is -0.334 e. The Morgan fingerprint density at radius 1 is 1.56 bits per heavy atom. The van der Waals surface area contributed by atoms with E-state index in [1.807, 2.05) is 0 Å². The van der Waals surface area contributed by atoms with Gasteiger partial charge in [-0.1, -0.05) is 0 Å². The summed E-state index contributed by atoms with van der Waals surface area (Å²) in [5.74, 6) is -1.33. The maximum absolute atomic E-state index is 13.4. The van der Waals surface area contributed by atoms with Gasteiger partial charge in [-0.25, -0.2) is 12.8 Å². The normalized spacial score (nSPS) is 22.8. The number of aromatic nitrogens is 1. The summed E-state index contributed by atoms with van der Waals surface area (Å²) in [5, 5.41) is 0. The lowest BCUT2D eigenvalue weighted by Crippen LogP contribution is -2.49. The van der Waals surface area contributed by atoms with Crippen LogP contribution in [0.2, 0.25) is 0 Å². The third-order valence-corrected chi connectivity index (χ3v) is 4.73. The molecule has 0 saturated carbocycles. The number of nitrogens with zero attached hydrogens (tertiary/aromatic N) is 2. The fourth-order valence-electron chi connectivity index (χ4n) is 2.00. The summed E-state index contributed by atoms with van der Waals surface area (Å²) < 4.78 is 36.3. The molecule has 1 saturated heterocycles. The van der Waals surface area contributed by atoms with Gasteiger partial charge in [0.15, 0.2) is 15.7 Å². The van der Waals surface area contributed by atoms with Crippen LogP contribution in [0.15, 0.2) is 18.5 Å². The lowest BCUT2D eigenvalue weighted by molar-refractivity contribution is 0.0707. The molecule has 2 heterocycles.